The Kier molecular flexibility index (Phi) is 5.12. The predicted molar refractivity (Wildman–Crippen MR) is 67.4 cm³/mol. The molecule has 0 aliphatic heterocycles. The molecule has 1 aromatic rings. The molecule has 3 heteroatoms. The summed E-state index contributed by atoms with van der Waals surface area (Å²) < 4.78 is 0. The number of halogens is 1. The molecule has 0 saturated heterocycles. The van der Waals surface area contributed by atoms with Crippen LogP contribution < -0.4 is 5.32 Å². The van der Waals surface area contributed by atoms with E-state index in [2.05, 4.69) is 35.1 Å². The summed E-state index contributed by atoms with van der Waals surface area (Å²) in [7, 11) is 0. The molecule has 15 heavy (non-hydrogen) atoms. The average molecular weight is 272 g/mol. The van der Waals surface area contributed by atoms with Crippen LogP contribution in [0.15, 0.2) is 24.3 Å². The predicted octanol–water partition coefficient (Wildman–Crippen LogP) is 2.90. The van der Waals surface area contributed by atoms with Crippen LogP contribution in [-0.4, -0.2) is 16.5 Å². The highest BCUT2D eigenvalue weighted by molar-refractivity contribution is 9.09. The second-order valence-electron chi connectivity index (χ2n) is 3.97. The number of hydrogen-bond acceptors (Lipinski definition) is 2. The van der Waals surface area contributed by atoms with E-state index in [0.29, 0.717) is 17.7 Å². The zero-order valence-corrected chi connectivity index (χ0v) is 10.8. The SMILES string of the molecule is CC(CBr)C(C)NCc1cccc(O)c1. The second-order valence-corrected chi connectivity index (χ2v) is 4.62. The van der Waals surface area contributed by atoms with E-state index in [4.69, 9.17) is 0 Å². The van der Waals surface area contributed by atoms with Crippen LogP contribution in [0.1, 0.15) is 19.4 Å². The molecule has 0 spiro atoms. The summed E-state index contributed by atoms with van der Waals surface area (Å²) in [5.74, 6) is 0.929. The minimum atomic E-state index is 0.329. The van der Waals surface area contributed by atoms with Crippen molar-refractivity contribution in [1.82, 2.24) is 5.32 Å². The Hall–Kier alpha value is -0.540. The van der Waals surface area contributed by atoms with Crippen LogP contribution in [0.4, 0.5) is 0 Å². The van der Waals surface area contributed by atoms with E-state index in [1.165, 1.54) is 0 Å². The molecule has 0 heterocycles. The summed E-state index contributed by atoms with van der Waals surface area (Å²) in [6, 6.07) is 7.82. The van der Waals surface area contributed by atoms with Gasteiger partial charge in [0.05, 0.1) is 0 Å². The third-order valence-corrected chi connectivity index (χ3v) is 3.66. The minimum Gasteiger partial charge on any atom is -0.508 e. The summed E-state index contributed by atoms with van der Waals surface area (Å²) in [5, 5.41) is 13.7. The third kappa shape index (κ3) is 4.22. The maximum atomic E-state index is 9.30. The van der Waals surface area contributed by atoms with Crippen molar-refractivity contribution in [3.05, 3.63) is 29.8 Å². The maximum absolute atomic E-state index is 9.30. The van der Waals surface area contributed by atoms with Crippen molar-refractivity contribution in [3.8, 4) is 5.75 Å². The van der Waals surface area contributed by atoms with Gasteiger partial charge in [0.1, 0.15) is 5.75 Å². The molecule has 0 aliphatic rings. The van der Waals surface area contributed by atoms with Crippen LogP contribution in [0, 0.1) is 5.92 Å². The summed E-state index contributed by atoms with van der Waals surface area (Å²) in [4.78, 5) is 0. The van der Waals surface area contributed by atoms with Crippen LogP contribution >= 0.6 is 15.9 Å². The van der Waals surface area contributed by atoms with Gasteiger partial charge in [0, 0.05) is 17.9 Å². The number of nitrogens with one attached hydrogen (secondary N) is 1. The molecule has 0 amide bonds. The largest absolute Gasteiger partial charge is 0.508 e. The standard InChI is InChI=1S/C12H18BrNO/c1-9(7-13)10(2)14-8-11-4-3-5-12(15)6-11/h3-6,9-10,14-15H,7-8H2,1-2H3. The molecule has 2 atom stereocenters. The van der Waals surface area contributed by atoms with Crippen molar-refractivity contribution < 1.29 is 5.11 Å². The number of benzene rings is 1. The molecule has 2 nitrogen and oxygen atoms in total. The van der Waals surface area contributed by atoms with Gasteiger partial charge in [0.2, 0.25) is 0 Å². The van der Waals surface area contributed by atoms with Crippen molar-refractivity contribution in [3.63, 3.8) is 0 Å². The van der Waals surface area contributed by atoms with E-state index in [9.17, 15) is 5.11 Å². The van der Waals surface area contributed by atoms with E-state index in [-0.39, 0.29) is 0 Å². The Bertz CT molecular complexity index is 303. The fourth-order valence-electron chi connectivity index (χ4n) is 1.28. The molecule has 0 bridgehead atoms. The lowest BCUT2D eigenvalue weighted by atomic mass is 10.1. The first kappa shape index (κ1) is 12.5. The van der Waals surface area contributed by atoms with Crippen LogP contribution in [0.3, 0.4) is 0 Å². The van der Waals surface area contributed by atoms with Crippen molar-refractivity contribution in [2.75, 3.05) is 5.33 Å². The summed E-state index contributed by atoms with van der Waals surface area (Å²) in [6.07, 6.45) is 0. The number of phenols is 1. The third-order valence-electron chi connectivity index (χ3n) is 2.64. The maximum Gasteiger partial charge on any atom is 0.115 e. The molecular formula is C12H18BrNO. The van der Waals surface area contributed by atoms with Crippen LogP contribution in [0.25, 0.3) is 0 Å². The van der Waals surface area contributed by atoms with Gasteiger partial charge in [-0.1, -0.05) is 35.0 Å². The van der Waals surface area contributed by atoms with Crippen molar-refractivity contribution >= 4 is 15.9 Å². The fraction of sp³-hybridized carbons (Fsp3) is 0.500. The number of rotatable bonds is 5. The normalized spacial score (nSPS) is 14.9. The van der Waals surface area contributed by atoms with E-state index in [1.807, 2.05) is 12.1 Å². The van der Waals surface area contributed by atoms with Gasteiger partial charge in [-0.3, -0.25) is 0 Å². The van der Waals surface area contributed by atoms with Crippen molar-refractivity contribution in [2.45, 2.75) is 26.4 Å². The molecule has 2 unspecified atom stereocenters. The Morgan fingerprint density at radius 3 is 2.73 bits per heavy atom. The highest BCUT2D eigenvalue weighted by atomic mass is 79.9. The summed E-state index contributed by atoms with van der Waals surface area (Å²) in [6.45, 7) is 5.18. The van der Waals surface area contributed by atoms with Crippen molar-refractivity contribution in [1.29, 1.82) is 0 Å². The molecule has 0 fully saturated rings. The van der Waals surface area contributed by atoms with Crippen LogP contribution in [0.5, 0.6) is 5.75 Å². The first-order valence-corrected chi connectivity index (χ1v) is 6.33. The van der Waals surface area contributed by atoms with Crippen LogP contribution in [0.2, 0.25) is 0 Å². The zero-order chi connectivity index (χ0) is 11.3. The van der Waals surface area contributed by atoms with Crippen LogP contribution in [-0.2, 0) is 6.54 Å². The number of aromatic hydroxyl groups is 1. The number of phenolic OH excluding ortho intramolecular Hbond substituents is 1. The van der Waals surface area contributed by atoms with Gasteiger partial charge in [-0.2, -0.15) is 0 Å². The van der Waals surface area contributed by atoms with Crippen molar-refractivity contribution in [2.24, 2.45) is 5.92 Å². The zero-order valence-electron chi connectivity index (χ0n) is 9.20. The lowest BCUT2D eigenvalue weighted by molar-refractivity contribution is 0.432. The molecule has 0 saturated carbocycles. The van der Waals surface area contributed by atoms with Gasteiger partial charge in [0.25, 0.3) is 0 Å². The molecule has 84 valence electrons. The van der Waals surface area contributed by atoms with Gasteiger partial charge in [-0.25, -0.2) is 0 Å². The first-order chi connectivity index (χ1) is 7.13. The molecule has 2 N–H and O–H groups in total. The first-order valence-electron chi connectivity index (χ1n) is 5.20. The minimum absolute atomic E-state index is 0.329. The number of hydrogen-bond donors (Lipinski definition) is 2. The molecule has 0 radical (unpaired) electrons. The summed E-state index contributed by atoms with van der Waals surface area (Å²) in [5.41, 5.74) is 1.11. The highest BCUT2D eigenvalue weighted by Gasteiger charge is 2.09. The van der Waals surface area contributed by atoms with E-state index in [0.717, 1.165) is 17.4 Å². The Labute approximate surface area is 99.8 Å². The van der Waals surface area contributed by atoms with Gasteiger partial charge in [-0.15, -0.1) is 0 Å². The van der Waals surface area contributed by atoms with Gasteiger partial charge >= 0.3 is 0 Å². The Morgan fingerprint density at radius 1 is 1.40 bits per heavy atom. The Balaban J connectivity index is 2.43. The lowest BCUT2D eigenvalue weighted by Crippen LogP contribution is -2.32. The smallest absolute Gasteiger partial charge is 0.115 e. The van der Waals surface area contributed by atoms with E-state index in [1.54, 1.807) is 12.1 Å². The van der Waals surface area contributed by atoms with Gasteiger partial charge < -0.3 is 10.4 Å². The quantitative estimate of drug-likeness (QED) is 0.808. The Morgan fingerprint density at radius 2 is 2.13 bits per heavy atom. The molecule has 1 rings (SSSR count). The molecule has 0 aliphatic carbocycles. The molecular weight excluding hydrogens is 254 g/mol. The van der Waals surface area contributed by atoms with Gasteiger partial charge in [0.15, 0.2) is 0 Å². The topological polar surface area (TPSA) is 32.3 Å². The summed E-state index contributed by atoms with van der Waals surface area (Å²) >= 11 is 3.47. The van der Waals surface area contributed by atoms with Gasteiger partial charge in [-0.05, 0) is 30.5 Å². The monoisotopic (exact) mass is 271 g/mol. The molecule has 1 aromatic carbocycles. The van der Waals surface area contributed by atoms with E-state index < -0.39 is 0 Å². The second kappa shape index (κ2) is 6.13. The van der Waals surface area contributed by atoms with E-state index >= 15 is 0 Å². The lowest BCUT2D eigenvalue weighted by Gasteiger charge is -2.19. The average Bonchev–Trinajstić information content (AvgIpc) is 2.25. The fourth-order valence-corrected chi connectivity index (χ4v) is 1.84. The highest BCUT2D eigenvalue weighted by Crippen LogP contribution is 2.12. The number of alkyl halides is 1. The molecule has 0 aromatic heterocycles.